The molecule has 1 unspecified atom stereocenters. The summed E-state index contributed by atoms with van der Waals surface area (Å²) in [6.45, 7) is 2.08. The minimum Gasteiger partial charge on any atom is -0.309 e. The first-order valence-electron chi connectivity index (χ1n) is 5.29. The first kappa shape index (κ1) is 12.7. The number of rotatable bonds is 3. The van der Waals surface area contributed by atoms with Crippen LogP contribution in [0.15, 0.2) is 34.1 Å². The highest BCUT2D eigenvalue weighted by molar-refractivity contribution is 9.10. The molecule has 1 N–H and O–H groups in total. The second-order valence-electron chi connectivity index (χ2n) is 3.89. The highest BCUT2D eigenvalue weighted by Crippen LogP contribution is 2.28. The number of aryl methyl sites for hydroxylation is 1. The highest BCUT2D eigenvalue weighted by Gasteiger charge is 2.14. The van der Waals surface area contributed by atoms with E-state index in [0.717, 1.165) is 5.56 Å². The largest absolute Gasteiger partial charge is 0.309 e. The lowest BCUT2D eigenvalue weighted by atomic mass is 10.0. The monoisotopic (exact) mass is 313 g/mol. The maximum Gasteiger partial charge on any atom is 0.137 e. The molecule has 0 spiro atoms. The van der Waals surface area contributed by atoms with Gasteiger partial charge in [0, 0.05) is 4.88 Å². The number of nitrogens with one attached hydrogen (secondary N) is 1. The molecule has 1 nitrogen and oxygen atoms in total. The molecule has 2 aromatic rings. The Bertz CT molecular complexity index is 524. The lowest BCUT2D eigenvalue weighted by Crippen LogP contribution is -2.17. The fraction of sp³-hybridized carbons (Fsp3) is 0.231. The zero-order valence-corrected chi connectivity index (χ0v) is 12.0. The molecule has 0 aliphatic heterocycles. The van der Waals surface area contributed by atoms with Crippen LogP contribution in [-0.4, -0.2) is 7.05 Å². The summed E-state index contributed by atoms with van der Waals surface area (Å²) in [5.41, 5.74) is 2.27. The quantitative estimate of drug-likeness (QED) is 0.892. The third kappa shape index (κ3) is 2.76. The normalized spacial score (nSPS) is 12.7. The number of hydrogen-bond acceptors (Lipinski definition) is 2. The van der Waals surface area contributed by atoms with Crippen molar-refractivity contribution in [2.24, 2.45) is 0 Å². The number of hydrogen-bond donors (Lipinski definition) is 1. The predicted molar refractivity (Wildman–Crippen MR) is 74.1 cm³/mol. The second kappa shape index (κ2) is 5.29. The molecule has 0 aliphatic carbocycles. The van der Waals surface area contributed by atoms with Crippen molar-refractivity contribution >= 4 is 27.3 Å². The summed E-state index contributed by atoms with van der Waals surface area (Å²) < 4.78 is 13.7. The molecule has 1 aromatic heterocycles. The van der Waals surface area contributed by atoms with Crippen LogP contribution >= 0.6 is 27.3 Å². The van der Waals surface area contributed by atoms with Crippen molar-refractivity contribution in [1.29, 1.82) is 0 Å². The molecule has 0 radical (unpaired) electrons. The van der Waals surface area contributed by atoms with Crippen molar-refractivity contribution in [3.8, 4) is 0 Å². The van der Waals surface area contributed by atoms with Gasteiger partial charge in [-0.25, -0.2) is 4.39 Å². The Balaban J connectivity index is 2.38. The average molecular weight is 314 g/mol. The molecular formula is C13H13BrFNS. The Kier molecular flexibility index (Phi) is 3.97. The summed E-state index contributed by atoms with van der Waals surface area (Å²) in [4.78, 5) is 1.28. The van der Waals surface area contributed by atoms with Crippen molar-refractivity contribution in [1.82, 2.24) is 5.32 Å². The number of thiophene rings is 1. The van der Waals surface area contributed by atoms with Crippen molar-refractivity contribution in [3.05, 3.63) is 55.9 Å². The van der Waals surface area contributed by atoms with E-state index in [9.17, 15) is 4.39 Å². The van der Waals surface area contributed by atoms with Gasteiger partial charge in [-0.05, 0) is 64.6 Å². The fourth-order valence-electron chi connectivity index (χ4n) is 1.83. The Hall–Kier alpha value is -0.710. The fourth-order valence-corrected chi connectivity index (χ4v) is 2.96. The second-order valence-corrected chi connectivity index (χ2v) is 5.86. The molecular weight excluding hydrogens is 301 g/mol. The molecule has 0 aliphatic rings. The standard InChI is InChI=1S/C13H13BrFNS/c1-8-5-10(7-17-8)13(16-2)9-3-4-12(15)11(14)6-9/h3-7,13,16H,1-2H3. The van der Waals surface area contributed by atoms with E-state index < -0.39 is 0 Å². The molecule has 4 heteroatoms. The van der Waals surface area contributed by atoms with E-state index in [-0.39, 0.29) is 11.9 Å². The molecule has 90 valence electrons. The van der Waals surface area contributed by atoms with E-state index in [4.69, 9.17) is 0 Å². The smallest absolute Gasteiger partial charge is 0.137 e. The molecule has 0 amide bonds. The summed E-state index contributed by atoms with van der Waals surface area (Å²) in [5.74, 6) is -0.231. The predicted octanol–water partition coefficient (Wildman–Crippen LogP) is 4.27. The zero-order chi connectivity index (χ0) is 12.4. The summed E-state index contributed by atoms with van der Waals surface area (Å²) in [5, 5.41) is 5.39. The average Bonchev–Trinajstić information content (AvgIpc) is 2.71. The SMILES string of the molecule is CNC(c1csc(C)c1)c1ccc(F)c(Br)c1. The van der Waals surface area contributed by atoms with Gasteiger partial charge in [0.05, 0.1) is 10.5 Å². The van der Waals surface area contributed by atoms with Crippen LogP contribution in [0.5, 0.6) is 0 Å². The van der Waals surface area contributed by atoms with E-state index >= 15 is 0 Å². The first-order valence-corrected chi connectivity index (χ1v) is 6.96. The molecule has 0 saturated heterocycles. The van der Waals surface area contributed by atoms with E-state index in [0.29, 0.717) is 4.47 Å². The van der Waals surface area contributed by atoms with Crippen LogP contribution in [0.4, 0.5) is 4.39 Å². The van der Waals surface area contributed by atoms with Crippen molar-refractivity contribution < 1.29 is 4.39 Å². The maximum absolute atomic E-state index is 13.2. The van der Waals surface area contributed by atoms with Gasteiger partial charge in [0.25, 0.3) is 0 Å². The van der Waals surface area contributed by atoms with Gasteiger partial charge < -0.3 is 5.32 Å². The molecule has 2 rings (SSSR count). The summed E-state index contributed by atoms with van der Waals surface area (Å²) >= 11 is 4.95. The van der Waals surface area contributed by atoms with Crippen LogP contribution in [0.25, 0.3) is 0 Å². The van der Waals surface area contributed by atoms with Crippen molar-refractivity contribution in [2.45, 2.75) is 13.0 Å². The van der Waals surface area contributed by atoms with Crippen LogP contribution in [0.3, 0.4) is 0 Å². The molecule has 0 saturated carbocycles. The number of halogens is 2. The van der Waals surface area contributed by atoms with Crippen molar-refractivity contribution in [2.75, 3.05) is 7.05 Å². The van der Waals surface area contributed by atoms with Crippen LogP contribution in [0, 0.1) is 12.7 Å². The van der Waals surface area contributed by atoms with Gasteiger partial charge in [0.1, 0.15) is 5.82 Å². The minimum atomic E-state index is -0.231. The van der Waals surface area contributed by atoms with Gasteiger partial charge in [-0.2, -0.15) is 0 Å². The Morgan fingerprint density at radius 2 is 2.06 bits per heavy atom. The van der Waals surface area contributed by atoms with E-state index in [1.807, 2.05) is 19.2 Å². The zero-order valence-electron chi connectivity index (χ0n) is 9.63. The van der Waals surface area contributed by atoms with Gasteiger partial charge in [-0.1, -0.05) is 6.07 Å². The molecule has 1 atom stereocenters. The van der Waals surface area contributed by atoms with E-state index in [1.54, 1.807) is 11.3 Å². The highest BCUT2D eigenvalue weighted by atomic mass is 79.9. The van der Waals surface area contributed by atoms with Gasteiger partial charge in [0.2, 0.25) is 0 Å². The molecule has 1 heterocycles. The van der Waals surface area contributed by atoms with E-state index in [2.05, 4.69) is 39.6 Å². The van der Waals surface area contributed by atoms with Gasteiger partial charge in [0.15, 0.2) is 0 Å². The molecule has 1 aromatic carbocycles. The minimum absolute atomic E-state index is 0.108. The summed E-state index contributed by atoms with van der Waals surface area (Å²) in [7, 11) is 1.91. The van der Waals surface area contributed by atoms with Crippen LogP contribution in [0.1, 0.15) is 22.0 Å². The molecule has 17 heavy (non-hydrogen) atoms. The lowest BCUT2D eigenvalue weighted by molar-refractivity contribution is 0.616. The summed E-state index contributed by atoms with van der Waals surface area (Å²) in [6, 6.07) is 7.39. The molecule has 0 fully saturated rings. The summed E-state index contributed by atoms with van der Waals surface area (Å²) in [6.07, 6.45) is 0. The molecule has 0 bridgehead atoms. The van der Waals surface area contributed by atoms with Gasteiger partial charge in [-0.15, -0.1) is 11.3 Å². The van der Waals surface area contributed by atoms with Crippen LogP contribution < -0.4 is 5.32 Å². The van der Waals surface area contributed by atoms with Crippen molar-refractivity contribution in [3.63, 3.8) is 0 Å². The topological polar surface area (TPSA) is 12.0 Å². The van der Waals surface area contributed by atoms with Gasteiger partial charge >= 0.3 is 0 Å². The third-order valence-electron chi connectivity index (χ3n) is 2.65. The maximum atomic E-state index is 13.2. The van der Waals surface area contributed by atoms with Gasteiger partial charge in [-0.3, -0.25) is 0 Å². The first-order chi connectivity index (χ1) is 8.11. The lowest BCUT2D eigenvalue weighted by Gasteiger charge is -2.16. The Labute approximate surface area is 113 Å². The van der Waals surface area contributed by atoms with Crippen LogP contribution in [-0.2, 0) is 0 Å². The Morgan fingerprint density at radius 3 is 2.59 bits per heavy atom. The van der Waals surface area contributed by atoms with E-state index in [1.165, 1.54) is 16.5 Å². The Morgan fingerprint density at radius 1 is 1.29 bits per heavy atom. The van der Waals surface area contributed by atoms with Crippen LogP contribution in [0.2, 0.25) is 0 Å². The number of benzene rings is 1. The third-order valence-corrected chi connectivity index (χ3v) is 4.14.